The molecule has 0 fully saturated rings. The van der Waals surface area contributed by atoms with E-state index in [1.807, 2.05) is 13.8 Å². The molecule has 0 amide bonds. The van der Waals surface area contributed by atoms with Crippen molar-refractivity contribution in [1.29, 1.82) is 5.26 Å². The molecule has 18 heavy (non-hydrogen) atoms. The third kappa shape index (κ3) is 3.74. The summed E-state index contributed by atoms with van der Waals surface area (Å²) in [6, 6.07) is 3.00. The van der Waals surface area contributed by atoms with E-state index in [4.69, 9.17) is 5.26 Å². The lowest BCUT2D eigenvalue weighted by atomic mass is 10.0. The number of halogens is 3. The van der Waals surface area contributed by atoms with Crippen LogP contribution < -0.4 is 5.32 Å². The van der Waals surface area contributed by atoms with Crippen LogP contribution in [-0.4, -0.2) is 21.4 Å². The molecule has 1 aromatic heterocycles. The zero-order valence-electron chi connectivity index (χ0n) is 10.4. The van der Waals surface area contributed by atoms with Crippen molar-refractivity contribution in [2.24, 2.45) is 0 Å². The minimum atomic E-state index is -4.46. The highest BCUT2D eigenvalue weighted by Gasteiger charge is 2.34. The van der Waals surface area contributed by atoms with Gasteiger partial charge in [0.05, 0.1) is 12.6 Å². The van der Waals surface area contributed by atoms with Gasteiger partial charge in [-0.3, -0.25) is 10.00 Å². The molecule has 100 valence electrons. The summed E-state index contributed by atoms with van der Waals surface area (Å²) in [5.74, 6) is 0. The fraction of sp³-hybridized carbons (Fsp3) is 0.636. The molecule has 0 aromatic carbocycles. The van der Waals surface area contributed by atoms with Crippen molar-refractivity contribution < 1.29 is 13.2 Å². The van der Waals surface area contributed by atoms with Crippen LogP contribution in [0.25, 0.3) is 0 Å². The maximum atomic E-state index is 12.4. The van der Waals surface area contributed by atoms with Gasteiger partial charge in [0.1, 0.15) is 5.54 Å². The molecule has 0 aliphatic rings. The van der Waals surface area contributed by atoms with E-state index in [1.165, 1.54) is 6.20 Å². The molecule has 0 aliphatic carbocycles. The van der Waals surface area contributed by atoms with Crippen molar-refractivity contribution in [1.82, 2.24) is 15.1 Å². The Morgan fingerprint density at radius 1 is 1.50 bits per heavy atom. The van der Waals surface area contributed by atoms with Crippen molar-refractivity contribution in [2.45, 2.75) is 45.1 Å². The summed E-state index contributed by atoms with van der Waals surface area (Å²) < 4.78 is 38.2. The van der Waals surface area contributed by atoms with E-state index in [1.54, 1.807) is 6.92 Å². The minimum absolute atomic E-state index is 0.0484. The number of nitriles is 1. The monoisotopic (exact) mass is 260 g/mol. The fourth-order valence-corrected chi connectivity index (χ4v) is 1.68. The molecule has 0 radical (unpaired) electrons. The normalized spacial score (nSPS) is 15.4. The Morgan fingerprint density at radius 3 is 2.50 bits per heavy atom. The molecular formula is C11H15F3N4. The zero-order chi connectivity index (χ0) is 14.0. The number of nitrogens with zero attached hydrogens (tertiary/aromatic N) is 3. The van der Waals surface area contributed by atoms with Gasteiger partial charge in [-0.05, 0) is 26.8 Å². The summed E-state index contributed by atoms with van der Waals surface area (Å²) in [5, 5.41) is 15.5. The van der Waals surface area contributed by atoms with Crippen LogP contribution >= 0.6 is 0 Å². The highest BCUT2D eigenvalue weighted by Crippen LogP contribution is 2.27. The van der Waals surface area contributed by atoms with E-state index in [9.17, 15) is 13.2 Å². The highest BCUT2D eigenvalue weighted by atomic mass is 19.4. The second kappa shape index (κ2) is 4.98. The first kappa shape index (κ1) is 14.5. The van der Waals surface area contributed by atoms with Gasteiger partial charge in [-0.1, -0.05) is 0 Å². The molecule has 1 aromatic rings. The highest BCUT2D eigenvalue weighted by molar-refractivity contribution is 5.07. The van der Waals surface area contributed by atoms with E-state index in [0.29, 0.717) is 0 Å². The second-order valence-corrected chi connectivity index (χ2v) is 4.64. The summed E-state index contributed by atoms with van der Waals surface area (Å²) in [6.07, 6.45) is -3.24. The number of rotatable bonds is 4. The Morgan fingerprint density at radius 2 is 2.11 bits per heavy atom. The lowest BCUT2D eigenvalue weighted by Gasteiger charge is -2.25. The molecule has 0 aliphatic heterocycles. The van der Waals surface area contributed by atoms with Gasteiger partial charge in [-0.2, -0.15) is 23.5 Å². The lowest BCUT2D eigenvalue weighted by molar-refractivity contribution is -0.141. The minimum Gasteiger partial charge on any atom is -0.296 e. The fourth-order valence-electron chi connectivity index (χ4n) is 1.68. The van der Waals surface area contributed by atoms with Crippen molar-refractivity contribution in [3.05, 3.63) is 18.0 Å². The standard InChI is InChI=1S/C11H15F3N4/c1-8(2)16-10(3,6-15)7-18-5-4-9(17-18)11(12,13)14/h4-5,8,16H,7H2,1-3H3. The molecule has 0 spiro atoms. The molecule has 1 heterocycles. The van der Waals surface area contributed by atoms with E-state index in [0.717, 1.165) is 10.7 Å². The molecule has 7 heteroatoms. The zero-order valence-corrected chi connectivity index (χ0v) is 10.4. The van der Waals surface area contributed by atoms with Gasteiger partial charge in [0, 0.05) is 12.2 Å². The quantitative estimate of drug-likeness (QED) is 0.902. The van der Waals surface area contributed by atoms with Gasteiger partial charge in [0.2, 0.25) is 0 Å². The Kier molecular flexibility index (Phi) is 4.02. The third-order valence-electron chi connectivity index (χ3n) is 2.26. The van der Waals surface area contributed by atoms with Crippen LogP contribution in [0.15, 0.2) is 12.3 Å². The van der Waals surface area contributed by atoms with Crippen molar-refractivity contribution in [3.63, 3.8) is 0 Å². The smallest absolute Gasteiger partial charge is 0.296 e. The first-order valence-corrected chi connectivity index (χ1v) is 5.46. The van der Waals surface area contributed by atoms with Gasteiger partial charge >= 0.3 is 6.18 Å². The number of hydrogen-bond acceptors (Lipinski definition) is 3. The van der Waals surface area contributed by atoms with E-state index in [-0.39, 0.29) is 12.6 Å². The van der Waals surface area contributed by atoms with Crippen LogP contribution in [0.1, 0.15) is 26.5 Å². The molecule has 1 N–H and O–H groups in total. The number of alkyl halides is 3. The largest absolute Gasteiger partial charge is 0.435 e. The van der Waals surface area contributed by atoms with Crippen LogP contribution in [0.3, 0.4) is 0 Å². The van der Waals surface area contributed by atoms with Crippen LogP contribution in [0, 0.1) is 11.3 Å². The second-order valence-electron chi connectivity index (χ2n) is 4.64. The summed E-state index contributed by atoms with van der Waals surface area (Å²) in [6.45, 7) is 5.40. The van der Waals surface area contributed by atoms with Gasteiger partial charge in [-0.25, -0.2) is 0 Å². The average molecular weight is 260 g/mol. The first-order chi connectivity index (χ1) is 8.16. The predicted octanol–water partition coefficient (Wildman–Crippen LogP) is 2.18. The van der Waals surface area contributed by atoms with Gasteiger partial charge in [-0.15, -0.1) is 0 Å². The maximum Gasteiger partial charge on any atom is 0.435 e. The predicted molar refractivity (Wildman–Crippen MR) is 59.5 cm³/mol. The van der Waals surface area contributed by atoms with Crippen LogP contribution in [0.4, 0.5) is 13.2 Å². The number of aromatic nitrogens is 2. The van der Waals surface area contributed by atoms with E-state index >= 15 is 0 Å². The summed E-state index contributed by atoms with van der Waals surface area (Å²) in [7, 11) is 0. The van der Waals surface area contributed by atoms with E-state index in [2.05, 4.69) is 16.5 Å². The van der Waals surface area contributed by atoms with Crippen molar-refractivity contribution >= 4 is 0 Å². The Labute approximate surface area is 103 Å². The summed E-state index contributed by atoms with van der Waals surface area (Å²) >= 11 is 0. The molecule has 0 bridgehead atoms. The summed E-state index contributed by atoms with van der Waals surface area (Å²) in [4.78, 5) is 0. The van der Waals surface area contributed by atoms with Crippen LogP contribution in [0.2, 0.25) is 0 Å². The average Bonchev–Trinajstić information content (AvgIpc) is 2.64. The first-order valence-electron chi connectivity index (χ1n) is 5.46. The van der Waals surface area contributed by atoms with Crippen molar-refractivity contribution in [2.75, 3.05) is 0 Å². The molecule has 0 saturated heterocycles. The Bertz CT molecular complexity index is 444. The SMILES string of the molecule is CC(C)NC(C)(C#N)Cn1ccc(C(F)(F)F)n1. The van der Waals surface area contributed by atoms with Gasteiger partial charge < -0.3 is 0 Å². The summed E-state index contributed by atoms with van der Waals surface area (Å²) in [5.41, 5.74) is -1.91. The third-order valence-corrected chi connectivity index (χ3v) is 2.26. The molecular weight excluding hydrogens is 245 g/mol. The Balaban J connectivity index is 2.84. The lowest BCUT2D eigenvalue weighted by Crippen LogP contribution is -2.48. The van der Waals surface area contributed by atoms with E-state index < -0.39 is 17.4 Å². The molecule has 1 unspecified atom stereocenters. The van der Waals surface area contributed by atoms with Crippen molar-refractivity contribution in [3.8, 4) is 6.07 Å². The molecule has 0 saturated carbocycles. The Hall–Kier alpha value is -1.55. The van der Waals surface area contributed by atoms with Gasteiger partial charge in [0.25, 0.3) is 0 Å². The van der Waals surface area contributed by atoms with Crippen LogP contribution in [0.5, 0.6) is 0 Å². The number of nitrogens with one attached hydrogen (secondary N) is 1. The number of hydrogen-bond donors (Lipinski definition) is 1. The topological polar surface area (TPSA) is 53.6 Å². The van der Waals surface area contributed by atoms with Crippen LogP contribution in [-0.2, 0) is 12.7 Å². The molecule has 1 atom stereocenters. The molecule has 1 rings (SSSR count). The van der Waals surface area contributed by atoms with Gasteiger partial charge in [0.15, 0.2) is 5.69 Å². The maximum absolute atomic E-state index is 12.4. The molecule has 4 nitrogen and oxygen atoms in total.